The van der Waals surface area contributed by atoms with Crippen molar-refractivity contribution in [1.82, 2.24) is 0 Å². The van der Waals surface area contributed by atoms with Gasteiger partial charge in [-0.15, -0.1) is 11.3 Å². The van der Waals surface area contributed by atoms with E-state index >= 15 is 0 Å². The molecule has 9 aromatic rings. The van der Waals surface area contributed by atoms with Crippen LogP contribution in [0.25, 0.3) is 85.9 Å². The molecule has 1 aromatic heterocycles. The Kier molecular flexibility index (Phi) is 6.05. The van der Waals surface area contributed by atoms with Gasteiger partial charge in [-0.25, -0.2) is 0 Å². The normalized spacial score (nSPS) is 12.2. The second-order valence-corrected chi connectivity index (χ2v) is 13.6. The average Bonchev–Trinajstić information content (AvgIpc) is 3.50. The Morgan fingerprint density at radius 1 is 0.500 bits per heavy atom. The summed E-state index contributed by atoms with van der Waals surface area (Å²) in [5.41, 5.74) is 8.91. The van der Waals surface area contributed by atoms with Crippen molar-refractivity contribution in [1.29, 1.82) is 0 Å². The van der Waals surface area contributed by atoms with E-state index in [0.29, 0.717) is 12.0 Å². The Morgan fingerprint density at radius 2 is 1.09 bits per heavy atom. The first-order valence-electron chi connectivity index (χ1n) is 16.5. The molecule has 0 bridgehead atoms. The second-order valence-electron chi connectivity index (χ2n) is 12.6. The molecule has 0 N–H and O–H groups in total. The first-order chi connectivity index (χ1) is 23.0. The molecule has 9 rings (SSSR count). The molecule has 1 heterocycles. The largest absolute Gasteiger partial charge is 0.135 e. The summed E-state index contributed by atoms with van der Waals surface area (Å²) in [5.74, 6) is 0.470. The number of hydrogen-bond acceptors (Lipinski definition) is 1. The number of rotatable bonds is 4. The molecular formula is C45H32S. The van der Waals surface area contributed by atoms with Crippen molar-refractivity contribution in [3.8, 4) is 33.4 Å². The van der Waals surface area contributed by atoms with Crippen molar-refractivity contribution in [2.45, 2.75) is 19.8 Å². The average molecular weight is 606 g/mol. The molecule has 218 valence electrons. The fraction of sp³-hybridized carbons (Fsp3) is 0.0667. The highest BCUT2D eigenvalue weighted by Gasteiger charge is 2.19. The van der Waals surface area contributed by atoms with Crippen LogP contribution in [-0.2, 0) is 0 Å². The van der Waals surface area contributed by atoms with Crippen LogP contribution in [0.2, 0.25) is 0 Å². The molecule has 0 nitrogen and oxygen atoms in total. The summed E-state index contributed by atoms with van der Waals surface area (Å²) in [4.78, 5) is 0. The van der Waals surface area contributed by atoms with Crippen LogP contribution >= 0.6 is 11.3 Å². The van der Waals surface area contributed by atoms with Crippen LogP contribution < -0.4 is 0 Å². The summed E-state index contributed by atoms with van der Waals surface area (Å²) in [6.45, 7) is 4.59. The highest BCUT2D eigenvalue weighted by atomic mass is 32.1. The van der Waals surface area contributed by atoms with Crippen LogP contribution in [0.3, 0.4) is 0 Å². The first-order valence-corrected chi connectivity index (χ1v) is 16.9. The molecule has 0 aliphatic heterocycles. The van der Waals surface area contributed by atoms with Crippen LogP contribution in [0, 0.1) is 0 Å². The molecule has 0 saturated heterocycles. The van der Waals surface area contributed by atoms with E-state index in [1.807, 2.05) is 23.5 Å². The minimum absolute atomic E-state index is 0.470. The third-order valence-electron chi connectivity index (χ3n) is 9.57. The van der Waals surface area contributed by atoms with Gasteiger partial charge in [0.1, 0.15) is 0 Å². The third-order valence-corrected chi connectivity index (χ3v) is 10.8. The predicted octanol–water partition coefficient (Wildman–Crippen LogP) is 13.6. The fourth-order valence-electron chi connectivity index (χ4n) is 7.39. The molecule has 0 spiro atoms. The lowest BCUT2D eigenvalue weighted by Crippen LogP contribution is -1.91. The molecule has 8 aromatic carbocycles. The first kappa shape index (κ1) is 26.0. The Bertz CT molecular complexity index is 2600. The van der Waals surface area contributed by atoms with Gasteiger partial charge in [-0.1, -0.05) is 153 Å². The van der Waals surface area contributed by atoms with Crippen molar-refractivity contribution < 1.29 is 1.37 Å². The fourth-order valence-corrected chi connectivity index (χ4v) is 8.78. The Hall–Kier alpha value is -5.24. The van der Waals surface area contributed by atoms with Crippen LogP contribution in [0.1, 0.15) is 26.7 Å². The van der Waals surface area contributed by atoms with Gasteiger partial charge in [0.15, 0.2) is 0 Å². The molecular weight excluding hydrogens is 573 g/mol. The van der Waals surface area contributed by atoms with Gasteiger partial charge in [-0.3, -0.25) is 0 Å². The predicted molar refractivity (Wildman–Crippen MR) is 202 cm³/mol. The highest BCUT2D eigenvalue weighted by molar-refractivity contribution is 7.26. The van der Waals surface area contributed by atoms with Crippen molar-refractivity contribution in [3.05, 3.63) is 157 Å². The standard InChI is InChI=1S/C45H32S/c1-28(2)34-25-26-35(44-40-17-9-10-18-41(40)46-45(34)44)30-20-22-31(23-21-30)42-36-13-5-7-15-38(36)43(39-16-8-6-14-37(39)42)33-24-19-29-11-3-4-12-32(29)27-33/h3-28H,1-2H3/i3D. The van der Waals surface area contributed by atoms with E-state index in [4.69, 9.17) is 1.37 Å². The van der Waals surface area contributed by atoms with Gasteiger partial charge in [0.2, 0.25) is 0 Å². The van der Waals surface area contributed by atoms with Gasteiger partial charge >= 0.3 is 0 Å². The molecule has 0 unspecified atom stereocenters. The molecule has 0 amide bonds. The minimum Gasteiger partial charge on any atom is -0.135 e. The van der Waals surface area contributed by atoms with Crippen LogP contribution in [-0.4, -0.2) is 0 Å². The van der Waals surface area contributed by atoms with Gasteiger partial charge in [0.05, 0.1) is 1.37 Å². The summed E-state index contributed by atoms with van der Waals surface area (Å²) in [6, 6.07) is 53.5. The zero-order chi connectivity index (χ0) is 31.6. The smallest absolute Gasteiger partial charge is 0.0623 e. The van der Waals surface area contributed by atoms with Crippen LogP contribution in [0.15, 0.2) is 152 Å². The topological polar surface area (TPSA) is 0 Å². The Balaban J connectivity index is 1.24. The summed E-state index contributed by atoms with van der Waals surface area (Å²) in [5, 5.41) is 9.97. The van der Waals surface area contributed by atoms with E-state index < -0.39 is 0 Å². The zero-order valence-corrected chi connectivity index (χ0v) is 26.7. The van der Waals surface area contributed by atoms with Crippen molar-refractivity contribution in [3.63, 3.8) is 0 Å². The molecule has 46 heavy (non-hydrogen) atoms. The van der Waals surface area contributed by atoms with Crippen molar-refractivity contribution >= 4 is 63.8 Å². The van der Waals surface area contributed by atoms with Gasteiger partial charge in [-0.05, 0) is 89.3 Å². The van der Waals surface area contributed by atoms with E-state index in [1.54, 1.807) is 0 Å². The quantitative estimate of drug-likeness (QED) is 0.175. The summed E-state index contributed by atoms with van der Waals surface area (Å²) >= 11 is 1.92. The van der Waals surface area contributed by atoms with E-state index in [1.165, 1.54) is 80.7 Å². The van der Waals surface area contributed by atoms with E-state index in [0.717, 1.165) is 10.8 Å². The van der Waals surface area contributed by atoms with Gasteiger partial charge in [0.25, 0.3) is 0 Å². The Morgan fingerprint density at radius 3 is 1.76 bits per heavy atom. The molecule has 0 aliphatic rings. The third kappa shape index (κ3) is 4.20. The lowest BCUT2D eigenvalue weighted by atomic mass is 9.85. The molecule has 0 aliphatic carbocycles. The summed E-state index contributed by atoms with van der Waals surface area (Å²) in [7, 11) is 0. The number of hydrogen-bond donors (Lipinski definition) is 0. The highest BCUT2D eigenvalue weighted by Crippen LogP contribution is 2.46. The van der Waals surface area contributed by atoms with Gasteiger partial charge < -0.3 is 0 Å². The number of thiophene rings is 1. The van der Waals surface area contributed by atoms with Crippen LogP contribution in [0.4, 0.5) is 0 Å². The summed E-state index contributed by atoms with van der Waals surface area (Å²) < 4.78 is 10.8. The molecule has 1 heteroatoms. The number of fused-ring (bicyclic) bond motifs is 6. The molecule has 0 fully saturated rings. The number of benzene rings is 8. The van der Waals surface area contributed by atoms with E-state index in [2.05, 4.69) is 147 Å². The second kappa shape index (κ2) is 10.7. The van der Waals surface area contributed by atoms with Gasteiger partial charge in [-0.2, -0.15) is 0 Å². The maximum atomic E-state index is 8.06. The van der Waals surface area contributed by atoms with Crippen molar-refractivity contribution in [2.24, 2.45) is 0 Å². The van der Waals surface area contributed by atoms with Crippen molar-refractivity contribution in [2.75, 3.05) is 0 Å². The molecule has 0 radical (unpaired) electrons. The Labute approximate surface area is 274 Å². The summed E-state index contributed by atoms with van der Waals surface area (Å²) in [6.07, 6.45) is 0. The SMILES string of the molecule is [2H]c1ccc2cc(-c3c4ccccc4c(-c4ccc(-c5ccc(C(C)C)c6sc7ccccc7c56)cc4)c4ccccc34)ccc2c1. The van der Waals surface area contributed by atoms with Gasteiger partial charge in [0, 0.05) is 20.2 Å². The zero-order valence-electron chi connectivity index (χ0n) is 26.8. The van der Waals surface area contributed by atoms with E-state index in [9.17, 15) is 0 Å². The maximum Gasteiger partial charge on any atom is 0.0623 e. The van der Waals surface area contributed by atoms with E-state index in [-0.39, 0.29) is 0 Å². The minimum atomic E-state index is 0.470. The monoisotopic (exact) mass is 605 g/mol. The lowest BCUT2D eigenvalue weighted by molar-refractivity contribution is 0.878. The van der Waals surface area contributed by atoms with Crippen LogP contribution in [0.5, 0.6) is 0 Å². The maximum absolute atomic E-state index is 8.06. The molecule has 0 saturated carbocycles. The lowest BCUT2D eigenvalue weighted by Gasteiger charge is -2.18. The molecule has 0 atom stereocenters.